The average molecular weight is 607 g/mol. The van der Waals surface area contributed by atoms with Gasteiger partial charge in [0.05, 0.1) is 36.2 Å². The minimum atomic E-state index is -1.14. The van der Waals surface area contributed by atoms with Crippen molar-refractivity contribution in [1.29, 1.82) is 0 Å². The zero-order valence-corrected chi connectivity index (χ0v) is 25.7. The highest BCUT2D eigenvalue weighted by Crippen LogP contribution is 2.63. The second-order valence-corrected chi connectivity index (χ2v) is 13.2. The van der Waals surface area contributed by atoms with Crippen molar-refractivity contribution < 1.29 is 29.0 Å². The van der Waals surface area contributed by atoms with E-state index in [0.29, 0.717) is 54.9 Å². The number of allylic oxidation sites excluding steroid dienone is 5. The van der Waals surface area contributed by atoms with Gasteiger partial charge in [0.2, 0.25) is 11.8 Å². The molecule has 2 aliphatic heterocycles. The maximum Gasteiger partial charge on any atom is 0.238 e. The average Bonchev–Trinajstić information content (AvgIpc) is 3.30. The zero-order valence-electron chi connectivity index (χ0n) is 25.7. The molecule has 2 aromatic rings. The monoisotopic (exact) mass is 606 g/mol. The zero-order chi connectivity index (χ0) is 31.6. The van der Waals surface area contributed by atoms with Gasteiger partial charge in [-0.2, -0.15) is 0 Å². The number of benzene rings is 2. The van der Waals surface area contributed by atoms with Gasteiger partial charge in [-0.15, -0.1) is 6.58 Å². The summed E-state index contributed by atoms with van der Waals surface area (Å²) in [6.07, 6.45) is 6.25. The maximum atomic E-state index is 14.3. The number of ketones is 2. The van der Waals surface area contributed by atoms with E-state index in [2.05, 4.69) is 11.5 Å². The molecule has 5 aliphatic rings. The topological polar surface area (TPSA) is 104 Å². The molecule has 2 aromatic carbocycles. The van der Waals surface area contributed by atoms with E-state index in [1.165, 1.54) is 11.0 Å². The number of fused-ring (bicyclic) bond motifs is 4. The summed E-state index contributed by atoms with van der Waals surface area (Å²) in [5.74, 6) is -3.64. The summed E-state index contributed by atoms with van der Waals surface area (Å²) >= 11 is 0. The highest BCUT2D eigenvalue weighted by molar-refractivity contribution is 6.22. The van der Waals surface area contributed by atoms with Gasteiger partial charge in [0.1, 0.15) is 5.75 Å². The molecule has 232 valence electrons. The summed E-state index contributed by atoms with van der Waals surface area (Å²) in [5, 5.41) is 11.5. The number of ether oxygens (including phenoxy) is 1. The summed E-state index contributed by atoms with van der Waals surface area (Å²) in [5.41, 5.74) is 2.92. The first-order valence-corrected chi connectivity index (χ1v) is 15.9. The Morgan fingerprint density at radius 3 is 2.42 bits per heavy atom. The van der Waals surface area contributed by atoms with Gasteiger partial charge in [0.15, 0.2) is 11.6 Å². The predicted molar refractivity (Wildman–Crippen MR) is 170 cm³/mol. The van der Waals surface area contributed by atoms with E-state index in [-0.39, 0.29) is 29.1 Å². The molecule has 0 aromatic heterocycles. The Labute approximate surface area is 263 Å². The van der Waals surface area contributed by atoms with Crippen molar-refractivity contribution in [3.63, 3.8) is 0 Å². The van der Waals surface area contributed by atoms with Crippen molar-refractivity contribution in [2.24, 2.45) is 29.1 Å². The highest BCUT2D eigenvalue weighted by Gasteiger charge is 2.63. The Morgan fingerprint density at radius 1 is 1.00 bits per heavy atom. The van der Waals surface area contributed by atoms with Gasteiger partial charge in [-0.05, 0) is 73.6 Å². The van der Waals surface area contributed by atoms with Gasteiger partial charge < -0.3 is 14.7 Å². The van der Waals surface area contributed by atoms with Crippen LogP contribution in [0, 0.1) is 29.1 Å². The summed E-state index contributed by atoms with van der Waals surface area (Å²) in [6.45, 7) is 10.2. The van der Waals surface area contributed by atoms with E-state index in [4.69, 9.17) is 4.74 Å². The second kappa shape index (κ2) is 10.9. The lowest BCUT2D eigenvalue weighted by molar-refractivity contribution is -0.141. The molecule has 2 saturated heterocycles. The number of nitrogens with zero attached hydrogens (tertiary/aromatic N) is 2. The molecule has 8 nitrogen and oxygen atoms in total. The molecule has 45 heavy (non-hydrogen) atoms. The van der Waals surface area contributed by atoms with Crippen LogP contribution in [0.2, 0.25) is 0 Å². The third-order valence-electron chi connectivity index (χ3n) is 11.0. The number of hydrogen-bond acceptors (Lipinski definition) is 7. The van der Waals surface area contributed by atoms with Crippen LogP contribution in [0.25, 0.3) is 0 Å². The quantitative estimate of drug-likeness (QED) is 0.381. The molecule has 2 heterocycles. The van der Waals surface area contributed by atoms with E-state index >= 15 is 0 Å². The molecular formula is C37H38N2O6. The van der Waals surface area contributed by atoms with Crippen molar-refractivity contribution in [3.8, 4) is 5.75 Å². The van der Waals surface area contributed by atoms with Crippen molar-refractivity contribution in [3.05, 3.63) is 89.5 Å². The van der Waals surface area contributed by atoms with E-state index in [9.17, 15) is 24.3 Å². The molecule has 7 rings (SSSR count). The standard InChI is InChI=1S/C37H38N2O6/c1-4-6-22-7-5-8-27(33(22)41)32-25-13-14-26-31(28(25)20-29-30(40)19-21(2)34(42)37(29,32)3)36(44)39(35(26)43)24-11-9-23(10-12-24)38-15-17-45-18-16-38/h4-5,7-13,19,26,28-29,31-32,41H,1,6,14-18,20H2,2-3H3/t26-,28+,29-,31-,32+,37+/m0/s1. The lowest BCUT2D eigenvalue weighted by atomic mass is 9.47. The Kier molecular flexibility index (Phi) is 7.15. The van der Waals surface area contributed by atoms with Crippen molar-refractivity contribution in [2.75, 3.05) is 36.1 Å². The fraction of sp³-hybridized carbons (Fsp3) is 0.405. The van der Waals surface area contributed by atoms with Gasteiger partial charge in [0, 0.05) is 36.2 Å². The molecule has 1 N–H and O–H groups in total. The van der Waals surface area contributed by atoms with E-state index in [1.54, 1.807) is 13.0 Å². The van der Waals surface area contributed by atoms with Crippen LogP contribution in [0.4, 0.5) is 11.4 Å². The number of rotatable bonds is 5. The summed E-state index contributed by atoms with van der Waals surface area (Å²) in [4.78, 5) is 59.5. The molecule has 1 saturated carbocycles. The molecule has 6 atom stereocenters. The lowest BCUT2D eigenvalue weighted by Crippen LogP contribution is -2.54. The minimum Gasteiger partial charge on any atom is -0.507 e. The summed E-state index contributed by atoms with van der Waals surface area (Å²) < 4.78 is 5.46. The Bertz CT molecular complexity index is 1680. The summed E-state index contributed by atoms with van der Waals surface area (Å²) in [7, 11) is 0. The smallest absolute Gasteiger partial charge is 0.238 e. The number of anilines is 2. The number of para-hydroxylation sites is 1. The van der Waals surface area contributed by atoms with Gasteiger partial charge in [-0.3, -0.25) is 24.1 Å². The van der Waals surface area contributed by atoms with Crippen molar-refractivity contribution in [1.82, 2.24) is 0 Å². The molecule has 0 unspecified atom stereocenters. The molecular weight excluding hydrogens is 568 g/mol. The van der Waals surface area contributed by atoms with Crippen molar-refractivity contribution >= 4 is 34.8 Å². The Hall–Kier alpha value is -4.30. The van der Waals surface area contributed by atoms with Crippen LogP contribution < -0.4 is 9.80 Å². The van der Waals surface area contributed by atoms with Gasteiger partial charge >= 0.3 is 0 Å². The van der Waals surface area contributed by atoms with Crippen LogP contribution in [0.15, 0.2) is 78.4 Å². The van der Waals surface area contributed by atoms with Crippen LogP contribution in [0.3, 0.4) is 0 Å². The first kappa shape index (κ1) is 29.4. The second-order valence-electron chi connectivity index (χ2n) is 13.2. The number of carbonyl (C=O) groups excluding carboxylic acids is 4. The number of amides is 2. The largest absolute Gasteiger partial charge is 0.507 e. The molecule has 0 radical (unpaired) electrons. The van der Waals surface area contributed by atoms with Crippen LogP contribution in [-0.4, -0.2) is 54.8 Å². The number of morpholine rings is 1. The first-order valence-electron chi connectivity index (χ1n) is 15.9. The number of phenols is 1. The number of phenolic OH excluding ortho intramolecular Hbond substituents is 1. The van der Waals surface area contributed by atoms with Crippen LogP contribution in [0.5, 0.6) is 5.75 Å². The minimum absolute atomic E-state index is 0.0781. The lowest BCUT2D eigenvalue weighted by Gasteiger charge is -2.53. The number of hydrogen-bond donors (Lipinski definition) is 1. The molecule has 3 fully saturated rings. The normalized spacial score (nSPS) is 31.2. The molecule has 0 spiro atoms. The Balaban J connectivity index is 1.29. The molecule has 2 amide bonds. The number of carbonyl (C=O) groups is 4. The third-order valence-corrected chi connectivity index (χ3v) is 11.0. The van der Waals surface area contributed by atoms with E-state index in [1.807, 2.05) is 55.5 Å². The third kappa shape index (κ3) is 4.36. The SMILES string of the molecule is C=CCc1cccc([C@H]2C3=CC[C@@H]4C(=O)N(c5ccc(N6CCOCC6)cc5)C(=O)[C@@H]4[C@@H]3C[C@H]3C(=O)C=C(C)C(=O)[C@@]23C)c1O. The molecule has 0 bridgehead atoms. The first-order chi connectivity index (χ1) is 21.7. The van der Waals surface area contributed by atoms with E-state index in [0.717, 1.165) is 24.4 Å². The molecule has 8 heteroatoms. The van der Waals surface area contributed by atoms with Gasteiger partial charge in [0.25, 0.3) is 0 Å². The number of imide groups is 1. The maximum absolute atomic E-state index is 14.3. The van der Waals surface area contributed by atoms with Gasteiger partial charge in [-0.1, -0.05) is 42.8 Å². The predicted octanol–water partition coefficient (Wildman–Crippen LogP) is 4.92. The Morgan fingerprint density at radius 2 is 1.71 bits per heavy atom. The number of Topliss-reactive ketones (excluding diaryl/α,β-unsaturated/α-hetero) is 1. The van der Waals surface area contributed by atoms with Crippen LogP contribution in [0.1, 0.15) is 43.7 Å². The van der Waals surface area contributed by atoms with Gasteiger partial charge in [-0.25, -0.2) is 0 Å². The fourth-order valence-electron chi connectivity index (χ4n) is 8.79. The van der Waals surface area contributed by atoms with Crippen LogP contribution in [-0.2, 0) is 30.3 Å². The van der Waals surface area contributed by atoms with Crippen LogP contribution >= 0.6 is 0 Å². The fourth-order valence-corrected chi connectivity index (χ4v) is 8.79. The van der Waals surface area contributed by atoms with E-state index < -0.39 is 35.0 Å². The highest BCUT2D eigenvalue weighted by atomic mass is 16.5. The number of aromatic hydroxyl groups is 1. The van der Waals surface area contributed by atoms with Crippen molar-refractivity contribution in [2.45, 2.75) is 39.0 Å². The molecule has 3 aliphatic carbocycles. The summed E-state index contributed by atoms with van der Waals surface area (Å²) in [6, 6.07) is 13.0.